The molecule has 0 heterocycles. The minimum atomic E-state index is 0.319. The van der Waals surface area contributed by atoms with E-state index in [1.54, 1.807) is 0 Å². The van der Waals surface area contributed by atoms with Crippen molar-refractivity contribution in [1.82, 2.24) is 0 Å². The molecule has 0 aromatic heterocycles. The molecule has 0 fully saturated rings. The third-order valence-corrected chi connectivity index (χ3v) is 6.76. The standard InChI is InChI=1S/C29H53N3/c1-4-24-29(25-5-2,26-6-3)27-22-20-18-16-14-12-10-8-7-9-11-13-15-17-19-21-23-28-31-32-30/h4-6H,1-3,7-28H2. The Morgan fingerprint density at radius 3 is 1.16 bits per heavy atom. The normalized spacial score (nSPS) is 11.1. The molecule has 0 saturated heterocycles. The van der Waals surface area contributed by atoms with Crippen molar-refractivity contribution < 1.29 is 0 Å². The van der Waals surface area contributed by atoms with Crippen LogP contribution in [0.2, 0.25) is 0 Å². The van der Waals surface area contributed by atoms with Gasteiger partial charge in [0.05, 0.1) is 0 Å². The molecule has 0 amide bonds. The van der Waals surface area contributed by atoms with Crippen LogP contribution in [0.1, 0.15) is 135 Å². The van der Waals surface area contributed by atoms with E-state index in [1.807, 2.05) is 0 Å². The topological polar surface area (TPSA) is 48.8 Å². The molecule has 0 aliphatic carbocycles. The Bertz CT molecular complexity index is 464. The monoisotopic (exact) mass is 443 g/mol. The molecular formula is C29H53N3. The molecule has 0 atom stereocenters. The van der Waals surface area contributed by atoms with E-state index in [4.69, 9.17) is 5.53 Å². The smallest absolute Gasteiger partial charge is 0.0257 e. The molecule has 0 saturated carbocycles. The number of rotatable bonds is 26. The molecule has 0 unspecified atom stereocenters. The molecule has 3 heteroatoms. The van der Waals surface area contributed by atoms with Crippen LogP contribution in [0.15, 0.2) is 43.1 Å². The molecule has 0 aliphatic rings. The third-order valence-electron chi connectivity index (χ3n) is 6.76. The highest BCUT2D eigenvalue weighted by atomic mass is 15.1. The number of nitrogens with zero attached hydrogens (tertiary/aromatic N) is 3. The van der Waals surface area contributed by atoms with Gasteiger partial charge >= 0.3 is 0 Å². The van der Waals surface area contributed by atoms with Gasteiger partial charge in [-0.25, -0.2) is 0 Å². The van der Waals surface area contributed by atoms with Crippen molar-refractivity contribution in [2.24, 2.45) is 10.5 Å². The van der Waals surface area contributed by atoms with Crippen LogP contribution < -0.4 is 0 Å². The number of hydrogen-bond donors (Lipinski definition) is 0. The van der Waals surface area contributed by atoms with E-state index in [0.29, 0.717) is 12.0 Å². The largest absolute Gasteiger partial charge is 0.103 e. The van der Waals surface area contributed by atoms with E-state index in [2.05, 4.69) is 48.0 Å². The number of azide groups is 1. The van der Waals surface area contributed by atoms with Crippen molar-refractivity contribution in [3.05, 3.63) is 48.4 Å². The van der Waals surface area contributed by atoms with Crippen molar-refractivity contribution in [1.29, 1.82) is 0 Å². The van der Waals surface area contributed by atoms with Gasteiger partial charge in [-0.2, -0.15) is 0 Å². The van der Waals surface area contributed by atoms with E-state index < -0.39 is 0 Å². The van der Waals surface area contributed by atoms with E-state index in [0.717, 1.165) is 25.7 Å². The van der Waals surface area contributed by atoms with Gasteiger partial charge in [0.2, 0.25) is 0 Å². The fourth-order valence-electron chi connectivity index (χ4n) is 4.85. The summed E-state index contributed by atoms with van der Waals surface area (Å²) in [5, 5.41) is 3.58. The minimum absolute atomic E-state index is 0.319. The van der Waals surface area contributed by atoms with Gasteiger partial charge in [0.1, 0.15) is 0 Å². The Morgan fingerprint density at radius 2 is 0.844 bits per heavy atom. The summed E-state index contributed by atoms with van der Waals surface area (Å²) < 4.78 is 0. The summed E-state index contributed by atoms with van der Waals surface area (Å²) in [5.41, 5.74) is 8.54. The van der Waals surface area contributed by atoms with Crippen LogP contribution in [0.25, 0.3) is 10.4 Å². The lowest BCUT2D eigenvalue weighted by molar-refractivity contribution is 0.260. The maximum absolute atomic E-state index is 8.23. The van der Waals surface area contributed by atoms with Gasteiger partial charge in [0.15, 0.2) is 0 Å². The van der Waals surface area contributed by atoms with E-state index in [1.165, 1.54) is 109 Å². The first-order valence-corrected chi connectivity index (χ1v) is 13.6. The predicted octanol–water partition coefficient (Wildman–Crippen LogP) is 11.0. The van der Waals surface area contributed by atoms with Crippen LogP contribution in [0, 0.1) is 5.41 Å². The highest BCUT2D eigenvalue weighted by Crippen LogP contribution is 2.38. The SMILES string of the molecule is C=CCC(CC=C)(CC=C)CCCCCCCCCCCCCCCCCCCN=[N+]=[N-]. The Labute approximate surface area is 200 Å². The van der Waals surface area contributed by atoms with Crippen LogP contribution in [0.4, 0.5) is 0 Å². The summed E-state index contributed by atoms with van der Waals surface area (Å²) >= 11 is 0. The first-order chi connectivity index (χ1) is 15.7. The van der Waals surface area contributed by atoms with Crippen molar-refractivity contribution >= 4 is 0 Å². The molecule has 0 aromatic carbocycles. The van der Waals surface area contributed by atoms with Crippen molar-refractivity contribution in [3.63, 3.8) is 0 Å². The van der Waals surface area contributed by atoms with E-state index >= 15 is 0 Å². The molecular weight excluding hydrogens is 390 g/mol. The molecule has 3 nitrogen and oxygen atoms in total. The summed E-state index contributed by atoms with van der Waals surface area (Å²) in [5.74, 6) is 0. The van der Waals surface area contributed by atoms with Crippen LogP contribution >= 0.6 is 0 Å². The highest BCUT2D eigenvalue weighted by Gasteiger charge is 2.25. The van der Waals surface area contributed by atoms with Gasteiger partial charge in [0.25, 0.3) is 0 Å². The first-order valence-electron chi connectivity index (χ1n) is 13.6. The van der Waals surface area contributed by atoms with Crippen LogP contribution in [-0.4, -0.2) is 6.54 Å². The maximum Gasteiger partial charge on any atom is 0.0257 e. The second kappa shape index (κ2) is 24.2. The summed E-state index contributed by atoms with van der Waals surface area (Å²) in [4.78, 5) is 2.79. The predicted molar refractivity (Wildman–Crippen MR) is 144 cm³/mol. The maximum atomic E-state index is 8.23. The van der Waals surface area contributed by atoms with Gasteiger partial charge in [-0.1, -0.05) is 126 Å². The van der Waals surface area contributed by atoms with E-state index in [9.17, 15) is 0 Å². The second-order valence-corrected chi connectivity index (χ2v) is 9.69. The zero-order valence-corrected chi connectivity index (χ0v) is 21.3. The van der Waals surface area contributed by atoms with Crippen molar-refractivity contribution in [2.45, 2.75) is 135 Å². The van der Waals surface area contributed by atoms with Gasteiger partial charge in [0, 0.05) is 11.5 Å². The average molecular weight is 444 g/mol. The molecule has 32 heavy (non-hydrogen) atoms. The average Bonchev–Trinajstić information content (AvgIpc) is 2.78. The van der Waals surface area contributed by atoms with Gasteiger partial charge in [-0.3, -0.25) is 0 Å². The van der Waals surface area contributed by atoms with Crippen molar-refractivity contribution in [2.75, 3.05) is 6.54 Å². The lowest BCUT2D eigenvalue weighted by atomic mass is 9.74. The van der Waals surface area contributed by atoms with Gasteiger partial charge in [-0.05, 0) is 43.1 Å². The fourth-order valence-corrected chi connectivity index (χ4v) is 4.85. The third kappa shape index (κ3) is 19.2. The highest BCUT2D eigenvalue weighted by molar-refractivity contribution is 4.95. The molecule has 0 rings (SSSR count). The molecule has 0 spiro atoms. The van der Waals surface area contributed by atoms with Crippen LogP contribution in [0.3, 0.4) is 0 Å². The van der Waals surface area contributed by atoms with Crippen molar-refractivity contribution in [3.8, 4) is 0 Å². The summed E-state index contributed by atoms with van der Waals surface area (Å²) in [6.07, 6.45) is 33.8. The Balaban J connectivity index is 3.41. The Morgan fingerprint density at radius 1 is 0.531 bits per heavy atom. The minimum Gasteiger partial charge on any atom is -0.103 e. The quantitative estimate of drug-likeness (QED) is 0.0419. The molecule has 0 radical (unpaired) electrons. The lowest BCUT2D eigenvalue weighted by Gasteiger charge is -2.31. The molecule has 0 aliphatic heterocycles. The van der Waals surface area contributed by atoms with Crippen LogP contribution in [0.5, 0.6) is 0 Å². The number of allylic oxidation sites excluding steroid dienone is 3. The van der Waals surface area contributed by atoms with E-state index in [-0.39, 0.29) is 0 Å². The zero-order chi connectivity index (χ0) is 23.6. The number of hydrogen-bond acceptors (Lipinski definition) is 1. The summed E-state index contributed by atoms with van der Waals surface area (Å²) in [6, 6.07) is 0. The molecule has 0 aromatic rings. The molecule has 184 valence electrons. The zero-order valence-electron chi connectivity index (χ0n) is 21.3. The molecule has 0 bridgehead atoms. The Kier molecular flexibility index (Phi) is 23.1. The van der Waals surface area contributed by atoms with Gasteiger partial charge < -0.3 is 0 Å². The first kappa shape index (κ1) is 30.5. The Hall–Kier alpha value is -1.47. The fraction of sp³-hybridized carbons (Fsp3) is 0.793. The summed E-state index contributed by atoms with van der Waals surface area (Å²) in [7, 11) is 0. The van der Waals surface area contributed by atoms with Gasteiger partial charge in [-0.15, -0.1) is 19.7 Å². The second-order valence-electron chi connectivity index (χ2n) is 9.69. The molecule has 0 N–H and O–H groups in total. The summed E-state index contributed by atoms with van der Waals surface area (Å²) in [6.45, 7) is 12.6. The number of unbranched alkanes of at least 4 members (excludes halogenated alkanes) is 16. The van der Waals surface area contributed by atoms with Crippen LogP contribution in [-0.2, 0) is 0 Å². The lowest BCUT2D eigenvalue weighted by Crippen LogP contribution is -2.18.